The lowest BCUT2D eigenvalue weighted by molar-refractivity contribution is 0.0909. The van der Waals surface area contributed by atoms with Gasteiger partial charge in [-0.1, -0.05) is 84.0 Å². The molecule has 4 aromatic rings. The monoisotopic (exact) mass is 626 g/mol. The van der Waals surface area contributed by atoms with Crippen molar-refractivity contribution in [2.45, 2.75) is 43.3 Å². The van der Waals surface area contributed by atoms with Gasteiger partial charge in [0.1, 0.15) is 11.0 Å². The molecule has 0 spiro atoms. The number of carbonyl (C=O) groups excluding carboxylic acids is 1. The van der Waals surface area contributed by atoms with Crippen molar-refractivity contribution in [1.82, 2.24) is 20.2 Å². The summed E-state index contributed by atoms with van der Waals surface area (Å²) in [4.78, 5) is 29.6. The predicted octanol–water partition coefficient (Wildman–Crippen LogP) is 6.45. The number of piperazine rings is 1. The Morgan fingerprint density at radius 3 is 2.32 bits per heavy atom. The first-order chi connectivity index (χ1) is 21.5. The Balaban J connectivity index is 1.00. The van der Waals surface area contributed by atoms with Gasteiger partial charge in [-0.3, -0.25) is 9.69 Å². The summed E-state index contributed by atoms with van der Waals surface area (Å²) in [5, 5.41) is 4.36. The van der Waals surface area contributed by atoms with E-state index in [0.29, 0.717) is 21.6 Å². The minimum atomic E-state index is -0.00973. The van der Waals surface area contributed by atoms with Gasteiger partial charge in [0.15, 0.2) is 5.16 Å². The summed E-state index contributed by atoms with van der Waals surface area (Å²) >= 11 is 7.99. The van der Waals surface area contributed by atoms with E-state index in [4.69, 9.17) is 16.6 Å². The van der Waals surface area contributed by atoms with Crippen molar-refractivity contribution in [3.05, 3.63) is 112 Å². The Morgan fingerprint density at radius 1 is 0.841 bits per heavy atom. The summed E-state index contributed by atoms with van der Waals surface area (Å²) in [7, 11) is 0. The normalized spacial score (nSPS) is 16.2. The zero-order valence-electron chi connectivity index (χ0n) is 25.2. The number of hydrogen-bond donors (Lipinski definition) is 1. The number of nitrogens with one attached hydrogen (secondary N) is 1. The summed E-state index contributed by atoms with van der Waals surface area (Å²) in [6.45, 7) is 8.69. The Bertz CT molecular complexity index is 1550. The maximum atomic E-state index is 13.1. The van der Waals surface area contributed by atoms with Gasteiger partial charge in [-0.25, -0.2) is 9.97 Å². The van der Waals surface area contributed by atoms with Gasteiger partial charge < -0.3 is 15.1 Å². The molecular formula is C35H39ClN6OS. The van der Waals surface area contributed by atoms with Crippen LogP contribution in [0, 0.1) is 6.92 Å². The Labute approximate surface area is 269 Å². The van der Waals surface area contributed by atoms with Crippen molar-refractivity contribution in [2.24, 2.45) is 0 Å². The van der Waals surface area contributed by atoms with Crippen LogP contribution in [-0.4, -0.2) is 66.1 Å². The molecule has 0 radical (unpaired) electrons. The van der Waals surface area contributed by atoms with Crippen LogP contribution in [-0.2, 0) is 12.3 Å². The molecule has 0 saturated carbocycles. The first-order valence-electron chi connectivity index (χ1n) is 15.4. The number of piperidine rings is 1. The number of thioether (sulfide) groups is 1. The van der Waals surface area contributed by atoms with Crippen LogP contribution in [0.15, 0.2) is 90.1 Å². The fourth-order valence-corrected chi connectivity index (χ4v) is 7.03. The van der Waals surface area contributed by atoms with E-state index in [1.165, 1.54) is 16.8 Å². The molecular weight excluding hydrogens is 588 g/mol. The maximum Gasteiger partial charge on any atom is 0.251 e. The van der Waals surface area contributed by atoms with E-state index in [0.717, 1.165) is 70.0 Å². The number of anilines is 2. The van der Waals surface area contributed by atoms with Crippen molar-refractivity contribution in [3.8, 4) is 0 Å². The third-order valence-electron chi connectivity index (χ3n) is 8.45. The van der Waals surface area contributed by atoms with Gasteiger partial charge in [0.05, 0.1) is 0 Å². The van der Waals surface area contributed by atoms with Crippen LogP contribution >= 0.6 is 23.4 Å². The average molecular weight is 627 g/mol. The van der Waals surface area contributed by atoms with Crippen LogP contribution in [0.4, 0.5) is 11.5 Å². The predicted molar refractivity (Wildman–Crippen MR) is 181 cm³/mol. The second kappa shape index (κ2) is 14.5. The first kappa shape index (κ1) is 30.4. The number of amides is 1. The van der Waals surface area contributed by atoms with Crippen LogP contribution in [0.25, 0.3) is 0 Å². The molecule has 6 rings (SSSR count). The number of hydrogen-bond acceptors (Lipinski definition) is 7. The molecule has 3 heterocycles. The minimum absolute atomic E-state index is 0.00973. The molecule has 1 aromatic heterocycles. The maximum absolute atomic E-state index is 13.1. The van der Waals surface area contributed by atoms with Gasteiger partial charge in [-0.2, -0.15) is 0 Å². The molecule has 0 bridgehead atoms. The largest absolute Gasteiger partial charge is 0.368 e. The second-order valence-electron chi connectivity index (χ2n) is 11.6. The third kappa shape index (κ3) is 7.92. The van der Waals surface area contributed by atoms with E-state index in [1.807, 2.05) is 30.3 Å². The average Bonchev–Trinajstić information content (AvgIpc) is 3.05. The number of aryl methyl sites for hydroxylation is 1. The summed E-state index contributed by atoms with van der Waals surface area (Å²) < 4.78 is 0. The number of likely N-dealkylation sites (tertiary alicyclic amines) is 1. The number of halogens is 1. The Morgan fingerprint density at radius 2 is 1.55 bits per heavy atom. The van der Waals surface area contributed by atoms with Gasteiger partial charge >= 0.3 is 0 Å². The molecule has 2 fully saturated rings. The molecule has 9 heteroatoms. The van der Waals surface area contributed by atoms with Crippen molar-refractivity contribution in [3.63, 3.8) is 0 Å². The molecule has 3 aromatic carbocycles. The molecule has 0 aliphatic carbocycles. The fourth-order valence-electron chi connectivity index (χ4n) is 6.00. The van der Waals surface area contributed by atoms with Gasteiger partial charge in [-0.05, 0) is 54.7 Å². The highest BCUT2D eigenvalue weighted by Gasteiger charge is 2.22. The van der Waals surface area contributed by atoms with E-state index in [-0.39, 0.29) is 11.9 Å². The molecule has 1 amide bonds. The summed E-state index contributed by atoms with van der Waals surface area (Å²) in [6.07, 6.45) is 1.92. The Kier molecular flexibility index (Phi) is 10.0. The van der Waals surface area contributed by atoms with Crippen LogP contribution in [0.5, 0.6) is 0 Å². The van der Waals surface area contributed by atoms with Crippen LogP contribution in [0.1, 0.15) is 39.9 Å². The van der Waals surface area contributed by atoms with E-state index < -0.39 is 0 Å². The van der Waals surface area contributed by atoms with Gasteiger partial charge in [0, 0.05) is 74.9 Å². The molecule has 2 aliphatic rings. The van der Waals surface area contributed by atoms with Gasteiger partial charge in [0.2, 0.25) is 0 Å². The standard InChI is InChI=1S/C35H39ClN6OS/c1-26-8-5-6-13-31(26)41-18-20-42(21-19-41)33-23-32(36)38-35(39-33)44-25-28-11-7-12-29(22-28)34(43)37-30-14-16-40(17-15-30)24-27-9-3-2-4-10-27/h2-13,22-23,30H,14-21,24-25H2,1H3,(H,37,43). The Hall–Kier alpha value is -3.59. The molecule has 228 valence electrons. The number of carbonyl (C=O) groups is 1. The smallest absolute Gasteiger partial charge is 0.251 e. The van der Waals surface area contributed by atoms with Crippen LogP contribution in [0.3, 0.4) is 0 Å². The molecule has 7 nitrogen and oxygen atoms in total. The first-order valence-corrected chi connectivity index (χ1v) is 16.8. The molecule has 2 aliphatic heterocycles. The van der Waals surface area contributed by atoms with E-state index in [9.17, 15) is 4.79 Å². The van der Waals surface area contributed by atoms with Crippen molar-refractivity contribution < 1.29 is 4.79 Å². The molecule has 1 N–H and O–H groups in total. The highest BCUT2D eigenvalue weighted by atomic mass is 35.5. The lowest BCUT2D eigenvalue weighted by Crippen LogP contribution is -2.47. The van der Waals surface area contributed by atoms with E-state index >= 15 is 0 Å². The number of benzene rings is 3. The van der Waals surface area contributed by atoms with E-state index in [2.05, 4.69) is 86.5 Å². The number of aromatic nitrogens is 2. The second-order valence-corrected chi connectivity index (χ2v) is 12.9. The van der Waals surface area contributed by atoms with Crippen molar-refractivity contribution >= 4 is 40.8 Å². The number of rotatable bonds is 9. The van der Waals surface area contributed by atoms with Crippen LogP contribution in [0.2, 0.25) is 5.15 Å². The highest BCUT2D eigenvalue weighted by Crippen LogP contribution is 2.27. The van der Waals surface area contributed by atoms with Crippen molar-refractivity contribution in [1.29, 1.82) is 0 Å². The molecule has 0 unspecified atom stereocenters. The summed E-state index contributed by atoms with van der Waals surface area (Å²) in [5.41, 5.74) is 5.67. The highest BCUT2D eigenvalue weighted by molar-refractivity contribution is 7.98. The minimum Gasteiger partial charge on any atom is -0.368 e. The SMILES string of the molecule is Cc1ccccc1N1CCN(c2cc(Cl)nc(SCc3cccc(C(=O)NC4CCN(Cc5ccccc5)CC4)c3)n2)CC1. The molecule has 0 atom stereocenters. The van der Waals surface area contributed by atoms with Gasteiger partial charge in [-0.15, -0.1) is 0 Å². The van der Waals surface area contributed by atoms with Gasteiger partial charge in [0.25, 0.3) is 5.91 Å². The zero-order chi connectivity index (χ0) is 30.3. The number of nitrogens with zero attached hydrogens (tertiary/aromatic N) is 5. The van der Waals surface area contributed by atoms with Crippen LogP contribution < -0.4 is 15.1 Å². The third-order valence-corrected chi connectivity index (χ3v) is 9.56. The number of para-hydroxylation sites is 1. The zero-order valence-corrected chi connectivity index (χ0v) is 26.7. The summed E-state index contributed by atoms with van der Waals surface area (Å²) in [6, 6.07) is 29.0. The lowest BCUT2D eigenvalue weighted by atomic mass is 10.0. The lowest BCUT2D eigenvalue weighted by Gasteiger charge is -2.37. The molecule has 2 saturated heterocycles. The quantitative estimate of drug-likeness (QED) is 0.130. The molecule has 44 heavy (non-hydrogen) atoms. The fraction of sp³-hybridized carbons (Fsp3) is 0.343. The van der Waals surface area contributed by atoms with Crippen molar-refractivity contribution in [2.75, 3.05) is 49.1 Å². The van der Waals surface area contributed by atoms with E-state index in [1.54, 1.807) is 11.8 Å². The topological polar surface area (TPSA) is 64.6 Å². The summed E-state index contributed by atoms with van der Waals surface area (Å²) in [5.74, 6) is 1.50.